The van der Waals surface area contributed by atoms with E-state index in [4.69, 9.17) is 26.9 Å². The number of hydrogen-bond acceptors (Lipinski definition) is 4. The van der Waals surface area contributed by atoms with Crippen molar-refractivity contribution in [3.63, 3.8) is 0 Å². The molecular weight excluding hydrogens is 354 g/mol. The summed E-state index contributed by atoms with van der Waals surface area (Å²) in [4.78, 5) is 34.3. The number of nitrogens with two attached hydrogens (primary N) is 2. The summed E-state index contributed by atoms with van der Waals surface area (Å²) < 4.78 is 1.67. The molecule has 0 unspecified atom stereocenters. The number of amides is 1. The van der Waals surface area contributed by atoms with Crippen molar-refractivity contribution in [1.29, 1.82) is 5.26 Å². The second kappa shape index (κ2) is 9.80. The van der Waals surface area contributed by atoms with Gasteiger partial charge in [-0.3, -0.25) is 4.79 Å². The van der Waals surface area contributed by atoms with Gasteiger partial charge in [-0.1, -0.05) is 6.07 Å². The van der Waals surface area contributed by atoms with Crippen LogP contribution in [0.25, 0.3) is 5.69 Å². The second-order valence-corrected chi connectivity index (χ2v) is 4.78. The van der Waals surface area contributed by atoms with Gasteiger partial charge in [-0.2, -0.15) is 10.3 Å². The third kappa shape index (κ3) is 6.94. The molecule has 0 saturated heterocycles. The van der Waals surface area contributed by atoms with Crippen molar-refractivity contribution >= 4 is 23.8 Å². The van der Waals surface area contributed by atoms with Crippen LogP contribution in [-0.2, 0) is 9.59 Å². The summed E-state index contributed by atoms with van der Waals surface area (Å²) in [5.41, 5.74) is 11.9. The van der Waals surface area contributed by atoms with Gasteiger partial charge in [0.2, 0.25) is 0 Å². The lowest BCUT2D eigenvalue weighted by molar-refractivity contribution is -0.134. The van der Waals surface area contributed by atoms with Gasteiger partial charge in [-0.05, 0) is 30.3 Å². The normalized spacial score (nSPS) is 9.59. The van der Waals surface area contributed by atoms with Crippen molar-refractivity contribution in [1.82, 2.24) is 4.57 Å². The fourth-order valence-corrected chi connectivity index (χ4v) is 1.81. The fraction of sp³-hybridized carbons (Fsp3) is 0. The lowest BCUT2D eigenvalue weighted by atomic mass is 10.2. The number of benzene rings is 1. The summed E-state index contributed by atoms with van der Waals surface area (Å²) in [7, 11) is 0. The van der Waals surface area contributed by atoms with Crippen molar-refractivity contribution < 1.29 is 24.6 Å². The predicted molar refractivity (Wildman–Crippen MR) is 95.0 cm³/mol. The lowest BCUT2D eigenvalue weighted by Gasteiger charge is -2.05. The summed E-state index contributed by atoms with van der Waals surface area (Å²) >= 11 is 0. The van der Waals surface area contributed by atoms with E-state index >= 15 is 0 Å². The molecule has 1 aromatic carbocycles. The highest BCUT2D eigenvalue weighted by Crippen LogP contribution is 2.14. The molecule has 0 fully saturated rings. The molecule has 0 aliphatic heterocycles. The van der Waals surface area contributed by atoms with Gasteiger partial charge in [0.25, 0.3) is 5.91 Å². The SMILES string of the molecule is N#Cc1cccn1-c1cccc(C(=O)N=C(N)N)c1.O=C(O)/C=C\C(=O)O. The summed E-state index contributed by atoms with van der Waals surface area (Å²) in [5.74, 6) is -3.32. The van der Waals surface area contributed by atoms with E-state index in [1.807, 2.05) is 0 Å². The molecule has 138 valence electrons. The van der Waals surface area contributed by atoms with E-state index in [9.17, 15) is 14.4 Å². The fourth-order valence-electron chi connectivity index (χ4n) is 1.81. The third-order valence-electron chi connectivity index (χ3n) is 2.83. The molecule has 2 aromatic rings. The predicted octanol–water partition coefficient (Wildman–Crippen LogP) is 0.474. The molecular formula is C17H15N5O5. The Balaban J connectivity index is 0.000000387. The van der Waals surface area contributed by atoms with Gasteiger partial charge < -0.3 is 26.2 Å². The highest BCUT2D eigenvalue weighted by molar-refractivity contribution is 6.02. The molecule has 10 nitrogen and oxygen atoms in total. The number of carboxylic acids is 2. The number of carbonyl (C=O) groups excluding carboxylic acids is 1. The van der Waals surface area contributed by atoms with E-state index in [-0.39, 0.29) is 5.96 Å². The lowest BCUT2D eigenvalue weighted by Crippen LogP contribution is -2.24. The van der Waals surface area contributed by atoms with Gasteiger partial charge in [0, 0.05) is 29.6 Å². The summed E-state index contributed by atoms with van der Waals surface area (Å²) in [6.45, 7) is 0. The number of aromatic nitrogens is 1. The first-order valence-corrected chi connectivity index (χ1v) is 7.20. The van der Waals surface area contributed by atoms with Crippen LogP contribution in [0.5, 0.6) is 0 Å². The Morgan fingerprint density at radius 2 is 1.70 bits per heavy atom. The van der Waals surface area contributed by atoms with Crippen LogP contribution in [0.4, 0.5) is 0 Å². The number of nitriles is 1. The molecule has 1 amide bonds. The highest BCUT2D eigenvalue weighted by atomic mass is 16.4. The van der Waals surface area contributed by atoms with E-state index in [0.29, 0.717) is 29.1 Å². The van der Waals surface area contributed by atoms with Crippen LogP contribution >= 0.6 is 0 Å². The zero-order valence-electron chi connectivity index (χ0n) is 13.8. The second-order valence-electron chi connectivity index (χ2n) is 4.78. The number of aliphatic carboxylic acids is 2. The Morgan fingerprint density at radius 1 is 1.07 bits per heavy atom. The Kier molecular flexibility index (Phi) is 7.49. The third-order valence-corrected chi connectivity index (χ3v) is 2.83. The standard InChI is InChI=1S/C13H11N5O.C4H4O4/c14-8-11-5-2-6-18(11)10-4-1-3-9(7-10)12(19)17-13(15)16;5-3(6)1-2-4(7)8/h1-7H,(H4,15,16,17,19);1-2H,(H,5,6)(H,7,8)/b;2-1-. The molecule has 27 heavy (non-hydrogen) atoms. The first kappa shape index (κ1) is 20.7. The molecule has 0 aliphatic rings. The Hall–Kier alpha value is -4.39. The van der Waals surface area contributed by atoms with Crippen molar-refractivity contribution in [2.45, 2.75) is 0 Å². The van der Waals surface area contributed by atoms with Gasteiger partial charge >= 0.3 is 11.9 Å². The molecule has 10 heteroatoms. The molecule has 0 saturated carbocycles. The molecule has 0 bridgehead atoms. The van der Waals surface area contributed by atoms with Crippen molar-refractivity contribution in [3.05, 3.63) is 66.0 Å². The van der Waals surface area contributed by atoms with Crippen LogP contribution in [0.1, 0.15) is 16.1 Å². The summed E-state index contributed by atoms with van der Waals surface area (Å²) in [5, 5.41) is 24.6. The number of carbonyl (C=O) groups is 3. The van der Waals surface area contributed by atoms with E-state index < -0.39 is 17.8 Å². The van der Waals surface area contributed by atoms with E-state index in [1.165, 1.54) is 0 Å². The van der Waals surface area contributed by atoms with Crippen molar-refractivity contribution in [2.24, 2.45) is 16.5 Å². The average Bonchev–Trinajstić information content (AvgIpc) is 3.09. The molecule has 0 spiro atoms. The molecule has 1 heterocycles. The molecule has 2 rings (SSSR count). The zero-order valence-corrected chi connectivity index (χ0v) is 13.8. The average molecular weight is 369 g/mol. The smallest absolute Gasteiger partial charge is 0.328 e. The van der Waals surface area contributed by atoms with Crippen LogP contribution in [0.2, 0.25) is 0 Å². The van der Waals surface area contributed by atoms with E-state index in [0.717, 1.165) is 0 Å². The first-order valence-electron chi connectivity index (χ1n) is 7.20. The Bertz CT molecular complexity index is 933. The number of guanidine groups is 1. The number of aliphatic imine (C=N–C) groups is 1. The van der Waals surface area contributed by atoms with Crippen molar-refractivity contribution in [2.75, 3.05) is 0 Å². The van der Waals surface area contributed by atoms with Gasteiger partial charge in [-0.15, -0.1) is 0 Å². The van der Waals surface area contributed by atoms with E-state index in [1.54, 1.807) is 47.2 Å². The number of hydrogen-bond donors (Lipinski definition) is 4. The molecule has 0 radical (unpaired) electrons. The van der Waals surface area contributed by atoms with E-state index in [2.05, 4.69) is 11.1 Å². The van der Waals surface area contributed by atoms with Gasteiger partial charge in [0.15, 0.2) is 5.96 Å². The number of nitrogens with zero attached hydrogens (tertiary/aromatic N) is 3. The summed E-state index contributed by atoms with van der Waals surface area (Å²) in [6, 6.07) is 12.2. The van der Waals surface area contributed by atoms with Crippen LogP contribution in [-0.4, -0.2) is 38.6 Å². The molecule has 0 atom stereocenters. The zero-order chi connectivity index (χ0) is 20.4. The minimum Gasteiger partial charge on any atom is -0.478 e. The van der Waals surface area contributed by atoms with Crippen molar-refractivity contribution in [3.8, 4) is 11.8 Å². The minimum atomic E-state index is -1.26. The largest absolute Gasteiger partial charge is 0.478 e. The quantitative estimate of drug-likeness (QED) is 0.340. The van der Waals surface area contributed by atoms with Gasteiger partial charge in [0.1, 0.15) is 11.8 Å². The highest BCUT2D eigenvalue weighted by Gasteiger charge is 2.08. The maximum atomic E-state index is 11.7. The maximum Gasteiger partial charge on any atom is 0.328 e. The maximum absolute atomic E-state index is 11.7. The molecule has 0 aliphatic carbocycles. The van der Waals surface area contributed by atoms with Crippen LogP contribution in [0.3, 0.4) is 0 Å². The Morgan fingerprint density at radius 3 is 2.22 bits per heavy atom. The summed E-state index contributed by atoms with van der Waals surface area (Å²) in [6.07, 6.45) is 2.85. The topological polar surface area (TPSA) is 185 Å². The minimum absolute atomic E-state index is 0.283. The molecule has 1 aromatic heterocycles. The Labute approximate surface area is 153 Å². The van der Waals surface area contributed by atoms with Crippen LogP contribution in [0, 0.1) is 11.3 Å². The molecule has 6 N–H and O–H groups in total. The van der Waals surface area contributed by atoms with Gasteiger partial charge in [-0.25, -0.2) is 9.59 Å². The number of rotatable bonds is 4. The van der Waals surface area contributed by atoms with Crippen LogP contribution < -0.4 is 11.5 Å². The number of carboxylic acid groups (broad SMARTS) is 2. The van der Waals surface area contributed by atoms with Crippen LogP contribution in [0.15, 0.2) is 59.7 Å². The van der Waals surface area contributed by atoms with Gasteiger partial charge in [0.05, 0.1) is 0 Å². The monoisotopic (exact) mass is 369 g/mol. The first-order chi connectivity index (χ1) is 12.7.